The minimum absolute atomic E-state index is 0.0779. The van der Waals surface area contributed by atoms with Gasteiger partial charge in [-0.1, -0.05) is 0 Å². The average Bonchev–Trinajstić information content (AvgIpc) is 2.57. The van der Waals surface area contributed by atoms with Gasteiger partial charge in [-0.2, -0.15) is 0 Å². The molecule has 1 aliphatic heterocycles. The quantitative estimate of drug-likeness (QED) is 0.401. The van der Waals surface area contributed by atoms with Crippen LogP contribution in [0.25, 0.3) is 0 Å². The molecule has 0 saturated heterocycles. The topological polar surface area (TPSA) is 83.6 Å². The molecule has 0 atom stereocenters. The molecule has 1 rings (SSSR count). The van der Waals surface area contributed by atoms with E-state index in [0.717, 1.165) is 40.7 Å². The van der Waals surface area contributed by atoms with E-state index in [9.17, 15) is 19.2 Å². The lowest BCUT2D eigenvalue weighted by atomic mass is 10.3. The van der Waals surface area contributed by atoms with Crippen LogP contribution in [-0.2, 0) is 19.2 Å². The van der Waals surface area contributed by atoms with Gasteiger partial charge in [-0.15, -0.1) is 0 Å². The fourth-order valence-electron chi connectivity index (χ4n) is 0.914. The third-order valence-electron chi connectivity index (χ3n) is 1.67. The Bertz CT molecular complexity index is 410. The summed E-state index contributed by atoms with van der Waals surface area (Å²) in [6, 6.07) is 0. The molecule has 2 amide bonds. The minimum atomic E-state index is -0.445. The first-order valence-corrected chi connectivity index (χ1v) is 5.45. The number of amides is 2. The highest BCUT2D eigenvalue weighted by Gasteiger charge is 2.24. The Labute approximate surface area is 102 Å². The third kappa shape index (κ3) is 4.33. The summed E-state index contributed by atoms with van der Waals surface area (Å²) in [5.41, 5.74) is 0. The van der Waals surface area contributed by atoms with Crippen LogP contribution in [0.4, 0.5) is 0 Å². The SMILES string of the molecule is CC(=O)/C=C\C(=O)CNSN1C(=O)C=CC1=O. The molecule has 0 spiro atoms. The average molecular weight is 254 g/mol. The van der Waals surface area contributed by atoms with Crippen LogP contribution in [0.1, 0.15) is 6.92 Å². The van der Waals surface area contributed by atoms with Gasteiger partial charge in [0.1, 0.15) is 0 Å². The molecule has 1 N–H and O–H groups in total. The van der Waals surface area contributed by atoms with Crippen LogP contribution in [0, 0.1) is 0 Å². The number of nitrogens with zero attached hydrogens (tertiary/aromatic N) is 1. The Kier molecular flexibility index (Phi) is 4.80. The fraction of sp³-hybridized carbons (Fsp3) is 0.200. The van der Waals surface area contributed by atoms with Gasteiger partial charge < -0.3 is 0 Å². The van der Waals surface area contributed by atoms with Crippen LogP contribution in [0.2, 0.25) is 0 Å². The number of ketones is 2. The molecular formula is C10H10N2O4S. The second kappa shape index (κ2) is 6.12. The van der Waals surface area contributed by atoms with Crippen molar-refractivity contribution in [3.8, 4) is 0 Å². The molecule has 90 valence electrons. The molecule has 1 heterocycles. The van der Waals surface area contributed by atoms with Gasteiger partial charge in [0.2, 0.25) is 0 Å². The predicted molar refractivity (Wildman–Crippen MR) is 61.4 cm³/mol. The lowest BCUT2D eigenvalue weighted by Crippen LogP contribution is -2.28. The van der Waals surface area contributed by atoms with E-state index < -0.39 is 11.8 Å². The number of carbonyl (C=O) groups is 4. The van der Waals surface area contributed by atoms with Gasteiger partial charge in [0, 0.05) is 24.3 Å². The summed E-state index contributed by atoms with van der Waals surface area (Å²) >= 11 is 0.745. The smallest absolute Gasteiger partial charge is 0.264 e. The maximum Gasteiger partial charge on any atom is 0.264 e. The van der Waals surface area contributed by atoms with Crippen LogP contribution < -0.4 is 4.72 Å². The van der Waals surface area contributed by atoms with Gasteiger partial charge in [0.25, 0.3) is 11.8 Å². The Morgan fingerprint density at radius 3 is 2.41 bits per heavy atom. The largest absolute Gasteiger partial charge is 0.295 e. The molecular weight excluding hydrogens is 244 g/mol. The van der Waals surface area contributed by atoms with E-state index in [-0.39, 0.29) is 18.1 Å². The molecule has 6 nitrogen and oxygen atoms in total. The number of carbonyl (C=O) groups excluding carboxylic acids is 4. The first-order valence-electron chi connectivity index (χ1n) is 4.68. The normalized spacial score (nSPS) is 15.0. The summed E-state index contributed by atoms with van der Waals surface area (Å²) in [5.74, 6) is -1.43. The van der Waals surface area contributed by atoms with Crippen molar-refractivity contribution in [2.75, 3.05) is 6.54 Å². The summed E-state index contributed by atoms with van der Waals surface area (Å²) in [4.78, 5) is 43.9. The van der Waals surface area contributed by atoms with Crippen LogP contribution in [0.5, 0.6) is 0 Å². The first-order chi connectivity index (χ1) is 8.00. The first kappa shape index (κ1) is 13.3. The van der Waals surface area contributed by atoms with E-state index >= 15 is 0 Å². The summed E-state index contributed by atoms with van der Waals surface area (Å²) in [6.07, 6.45) is 4.59. The monoisotopic (exact) mass is 254 g/mol. The predicted octanol–water partition coefficient (Wildman–Crippen LogP) is -0.222. The second-order valence-electron chi connectivity index (χ2n) is 3.13. The van der Waals surface area contributed by atoms with E-state index in [1.54, 1.807) is 0 Å². The molecule has 0 radical (unpaired) electrons. The Hall–Kier alpha value is -1.73. The van der Waals surface area contributed by atoms with Crippen molar-refractivity contribution in [2.45, 2.75) is 6.92 Å². The lowest BCUT2D eigenvalue weighted by molar-refractivity contribution is -0.130. The zero-order chi connectivity index (χ0) is 12.8. The van der Waals surface area contributed by atoms with Gasteiger partial charge >= 0.3 is 0 Å². The highest BCUT2D eigenvalue weighted by Crippen LogP contribution is 2.12. The molecule has 7 heteroatoms. The van der Waals surface area contributed by atoms with Crippen LogP contribution in [0.15, 0.2) is 24.3 Å². The van der Waals surface area contributed by atoms with E-state index in [4.69, 9.17) is 0 Å². The number of imide groups is 1. The standard InChI is InChI=1S/C10H10N2O4S/c1-7(13)2-3-8(14)6-11-17-12-9(15)4-5-10(12)16/h2-5,11H,6H2,1H3/b3-2-. The zero-order valence-corrected chi connectivity index (χ0v) is 9.82. The molecule has 0 aliphatic carbocycles. The van der Waals surface area contributed by atoms with Crippen LogP contribution >= 0.6 is 12.1 Å². The highest BCUT2D eigenvalue weighted by atomic mass is 32.2. The number of hydrogen-bond donors (Lipinski definition) is 1. The van der Waals surface area contributed by atoms with Gasteiger partial charge in [-0.3, -0.25) is 19.2 Å². The van der Waals surface area contributed by atoms with Crippen molar-refractivity contribution in [1.82, 2.24) is 9.03 Å². The molecule has 0 bridgehead atoms. The van der Waals surface area contributed by atoms with Crippen LogP contribution in [-0.4, -0.2) is 34.2 Å². The van der Waals surface area contributed by atoms with Gasteiger partial charge in [-0.25, -0.2) is 9.03 Å². The highest BCUT2D eigenvalue weighted by molar-refractivity contribution is 7.96. The van der Waals surface area contributed by atoms with Gasteiger partial charge in [0.15, 0.2) is 11.6 Å². The van der Waals surface area contributed by atoms with Crippen molar-refractivity contribution in [1.29, 1.82) is 0 Å². The number of rotatable bonds is 6. The van der Waals surface area contributed by atoms with Crippen LogP contribution in [0.3, 0.4) is 0 Å². The summed E-state index contributed by atoms with van der Waals surface area (Å²) in [6.45, 7) is 1.25. The van der Waals surface area contributed by atoms with Crippen molar-refractivity contribution >= 4 is 35.5 Å². The van der Waals surface area contributed by atoms with Gasteiger partial charge in [0.05, 0.1) is 6.54 Å². The maximum atomic E-state index is 11.2. The number of allylic oxidation sites excluding steroid dienone is 1. The second-order valence-corrected chi connectivity index (χ2v) is 3.96. The van der Waals surface area contributed by atoms with Crippen molar-refractivity contribution in [2.24, 2.45) is 0 Å². The zero-order valence-electron chi connectivity index (χ0n) is 9.00. The molecule has 17 heavy (non-hydrogen) atoms. The Morgan fingerprint density at radius 1 is 1.29 bits per heavy atom. The minimum Gasteiger partial charge on any atom is -0.295 e. The lowest BCUT2D eigenvalue weighted by Gasteiger charge is -2.11. The summed E-state index contributed by atoms with van der Waals surface area (Å²) in [5, 5.41) is 0. The van der Waals surface area contributed by atoms with E-state index in [2.05, 4.69) is 4.72 Å². The third-order valence-corrected chi connectivity index (χ3v) is 2.49. The van der Waals surface area contributed by atoms with Crippen molar-refractivity contribution in [3.05, 3.63) is 24.3 Å². The number of hydrogen-bond acceptors (Lipinski definition) is 6. The molecule has 0 fully saturated rings. The summed E-state index contributed by atoms with van der Waals surface area (Å²) in [7, 11) is 0. The fourth-order valence-corrected chi connectivity index (χ4v) is 1.55. The van der Waals surface area contributed by atoms with E-state index in [0.29, 0.717) is 0 Å². The molecule has 0 aromatic heterocycles. The molecule has 0 aromatic carbocycles. The number of nitrogens with one attached hydrogen (secondary N) is 1. The molecule has 0 unspecified atom stereocenters. The van der Waals surface area contributed by atoms with Crippen molar-refractivity contribution in [3.63, 3.8) is 0 Å². The molecule has 1 aliphatic rings. The van der Waals surface area contributed by atoms with E-state index in [1.807, 2.05) is 0 Å². The summed E-state index contributed by atoms with van der Waals surface area (Å²) < 4.78 is 3.45. The maximum absolute atomic E-state index is 11.2. The van der Waals surface area contributed by atoms with E-state index in [1.165, 1.54) is 6.92 Å². The van der Waals surface area contributed by atoms with Gasteiger partial charge in [-0.05, 0) is 19.1 Å². The Balaban J connectivity index is 2.29. The Morgan fingerprint density at radius 2 is 1.88 bits per heavy atom. The van der Waals surface area contributed by atoms with Crippen molar-refractivity contribution < 1.29 is 19.2 Å². The molecule has 0 saturated carbocycles. The molecule has 0 aromatic rings.